The molecule has 0 unspecified atom stereocenters. The molecule has 0 spiro atoms. The van der Waals surface area contributed by atoms with Gasteiger partial charge in [-0.3, -0.25) is 4.79 Å². The van der Waals surface area contributed by atoms with Crippen molar-refractivity contribution in [3.63, 3.8) is 0 Å². The van der Waals surface area contributed by atoms with Crippen molar-refractivity contribution in [1.29, 1.82) is 0 Å². The number of fused-ring (bicyclic) bond motifs is 5. The van der Waals surface area contributed by atoms with Crippen LogP contribution in [0.25, 0.3) is 0 Å². The minimum Gasteiger partial charge on any atom is -0.461 e. The van der Waals surface area contributed by atoms with Crippen LogP contribution >= 0.6 is 0 Å². The van der Waals surface area contributed by atoms with Crippen LogP contribution in [0.5, 0.6) is 0 Å². The van der Waals surface area contributed by atoms with Crippen molar-refractivity contribution in [3.8, 4) is 0 Å². The van der Waals surface area contributed by atoms with Gasteiger partial charge in [0.15, 0.2) is 0 Å². The first-order chi connectivity index (χ1) is 6.75. The average Bonchev–Trinajstić information content (AvgIpc) is 2.59. The molecule has 2 heteroatoms. The zero-order chi connectivity index (χ0) is 9.71. The summed E-state index contributed by atoms with van der Waals surface area (Å²) in [6, 6.07) is 0. The third-order valence-corrected chi connectivity index (χ3v) is 3.80. The van der Waals surface area contributed by atoms with E-state index in [1.165, 1.54) is 18.9 Å². The highest BCUT2D eigenvalue weighted by atomic mass is 16.5. The molecule has 0 radical (unpaired) electrons. The van der Waals surface area contributed by atoms with Gasteiger partial charge in [-0.05, 0) is 35.7 Å². The molecule has 4 atom stereocenters. The van der Waals surface area contributed by atoms with Gasteiger partial charge in [-0.2, -0.15) is 0 Å². The summed E-state index contributed by atoms with van der Waals surface area (Å²) in [5.41, 5.74) is 1.35. The third-order valence-electron chi connectivity index (χ3n) is 3.80. The number of carbonyl (C=O) groups is 1. The van der Waals surface area contributed by atoms with Crippen molar-refractivity contribution < 1.29 is 9.53 Å². The van der Waals surface area contributed by atoms with E-state index in [9.17, 15) is 4.79 Å². The Balaban J connectivity index is 1.67. The topological polar surface area (TPSA) is 26.3 Å². The van der Waals surface area contributed by atoms with Crippen LogP contribution in [-0.2, 0) is 9.53 Å². The Bertz CT molecular complexity index is 340. The summed E-state index contributed by atoms with van der Waals surface area (Å²) in [5, 5.41) is 0. The van der Waals surface area contributed by atoms with Gasteiger partial charge in [-0.1, -0.05) is 18.2 Å². The molecule has 74 valence electrons. The van der Waals surface area contributed by atoms with Crippen LogP contribution in [0.1, 0.15) is 13.3 Å². The molecule has 2 nitrogen and oxygen atoms in total. The van der Waals surface area contributed by atoms with E-state index in [4.69, 9.17) is 4.74 Å². The molecule has 14 heavy (non-hydrogen) atoms. The number of carbonyl (C=O) groups excluding carboxylic acids is 1. The number of esters is 1. The van der Waals surface area contributed by atoms with Gasteiger partial charge in [0, 0.05) is 6.92 Å². The van der Waals surface area contributed by atoms with Crippen molar-refractivity contribution in [3.05, 3.63) is 23.8 Å². The van der Waals surface area contributed by atoms with E-state index < -0.39 is 0 Å². The molecule has 1 fully saturated rings. The highest BCUT2D eigenvalue weighted by Crippen LogP contribution is 2.57. The largest absolute Gasteiger partial charge is 0.461 e. The molecule has 1 saturated carbocycles. The first-order valence-electron chi connectivity index (χ1n) is 5.28. The average molecular weight is 190 g/mol. The highest BCUT2D eigenvalue weighted by molar-refractivity contribution is 5.66. The van der Waals surface area contributed by atoms with Crippen molar-refractivity contribution >= 4 is 5.97 Å². The Morgan fingerprint density at radius 1 is 1.50 bits per heavy atom. The van der Waals surface area contributed by atoms with Crippen LogP contribution in [0, 0.1) is 23.7 Å². The predicted octanol–water partition coefficient (Wildman–Crippen LogP) is 1.93. The van der Waals surface area contributed by atoms with Gasteiger partial charge in [0.25, 0.3) is 0 Å². The highest BCUT2D eigenvalue weighted by Gasteiger charge is 2.49. The van der Waals surface area contributed by atoms with Gasteiger partial charge < -0.3 is 4.74 Å². The standard InChI is InChI=1S/C12H14O2/c1-7(13)14-6-10-5-11-8-2-3-9(4-8)12(10)11/h2-3,5,8-9,11-12H,4,6H2,1H3/t8-,9-,11+,12+/m0/s1. The number of ether oxygens (including phenoxy) is 1. The summed E-state index contributed by atoms with van der Waals surface area (Å²) in [6.45, 7) is 1.99. The number of hydrogen-bond donors (Lipinski definition) is 0. The molecule has 0 saturated heterocycles. The van der Waals surface area contributed by atoms with Gasteiger partial charge >= 0.3 is 5.97 Å². The lowest BCUT2D eigenvalue weighted by atomic mass is 9.69. The molecule has 3 aliphatic rings. The maximum absolute atomic E-state index is 10.7. The van der Waals surface area contributed by atoms with E-state index in [2.05, 4.69) is 18.2 Å². The Kier molecular flexibility index (Phi) is 1.61. The Morgan fingerprint density at radius 2 is 2.29 bits per heavy atom. The normalized spacial score (nSPS) is 41.6. The molecule has 3 aliphatic carbocycles. The molecule has 0 N–H and O–H groups in total. The maximum Gasteiger partial charge on any atom is 0.302 e. The summed E-state index contributed by atoms with van der Waals surface area (Å²) in [7, 11) is 0. The third kappa shape index (κ3) is 0.999. The monoisotopic (exact) mass is 190 g/mol. The molecule has 3 rings (SSSR count). The Hall–Kier alpha value is -1.05. The second-order valence-corrected chi connectivity index (χ2v) is 4.57. The van der Waals surface area contributed by atoms with Gasteiger partial charge in [0.2, 0.25) is 0 Å². The fraction of sp³-hybridized carbons (Fsp3) is 0.583. The zero-order valence-corrected chi connectivity index (χ0v) is 8.27. The van der Waals surface area contributed by atoms with E-state index >= 15 is 0 Å². The van der Waals surface area contributed by atoms with E-state index in [0.717, 1.165) is 17.8 Å². The van der Waals surface area contributed by atoms with Crippen LogP contribution in [0.4, 0.5) is 0 Å². The van der Waals surface area contributed by atoms with Crippen LogP contribution in [0.3, 0.4) is 0 Å². The van der Waals surface area contributed by atoms with E-state index in [1.54, 1.807) is 0 Å². The Morgan fingerprint density at radius 3 is 3.00 bits per heavy atom. The van der Waals surface area contributed by atoms with Crippen LogP contribution < -0.4 is 0 Å². The summed E-state index contributed by atoms with van der Waals surface area (Å²) in [6.07, 6.45) is 8.31. The smallest absolute Gasteiger partial charge is 0.302 e. The van der Waals surface area contributed by atoms with E-state index in [-0.39, 0.29) is 5.97 Å². The number of hydrogen-bond acceptors (Lipinski definition) is 2. The second-order valence-electron chi connectivity index (χ2n) is 4.57. The lowest BCUT2D eigenvalue weighted by Gasteiger charge is -2.36. The van der Waals surface area contributed by atoms with E-state index in [0.29, 0.717) is 12.5 Å². The van der Waals surface area contributed by atoms with Gasteiger partial charge in [-0.25, -0.2) is 0 Å². The molecule has 0 aromatic heterocycles. The molecular weight excluding hydrogens is 176 g/mol. The second kappa shape index (κ2) is 2.72. The van der Waals surface area contributed by atoms with Crippen molar-refractivity contribution in [1.82, 2.24) is 0 Å². The quantitative estimate of drug-likeness (QED) is 0.491. The molecule has 0 aliphatic heterocycles. The lowest BCUT2D eigenvalue weighted by molar-refractivity contribution is -0.140. The SMILES string of the molecule is CC(=O)OCC1=C[C@H]2[C@@H]1[C@H]1C=C[C@H]2C1. The molecule has 0 heterocycles. The van der Waals surface area contributed by atoms with Gasteiger partial charge in [0.05, 0.1) is 0 Å². The molecule has 0 aromatic carbocycles. The van der Waals surface area contributed by atoms with Crippen LogP contribution in [-0.4, -0.2) is 12.6 Å². The lowest BCUT2D eigenvalue weighted by Crippen LogP contribution is -2.31. The van der Waals surface area contributed by atoms with E-state index in [1.807, 2.05) is 0 Å². The minimum absolute atomic E-state index is 0.173. The number of rotatable bonds is 2. The Labute approximate surface area is 83.6 Å². The molecule has 0 aromatic rings. The zero-order valence-electron chi connectivity index (χ0n) is 8.27. The molecule has 2 bridgehead atoms. The van der Waals surface area contributed by atoms with Crippen molar-refractivity contribution in [2.45, 2.75) is 13.3 Å². The van der Waals surface area contributed by atoms with Crippen molar-refractivity contribution in [2.24, 2.45) is 23.7 Å². The summed E-state index contributed by atoms with van der Waals surface area (Å²) >= 11 is 0. The van der Waals surface area contributed by atoms with Gasteiger partial charge in [0.1, 0.15) is 6.61 Å². The van der Waals surface area contributed by atoms with Crippen molar-refractivity contribution in [2.75, 3.05) is 6.61 Å². The fourth-order valence-corrected chi connectivity index (χ4v) is 3.18. The van der Waals surface area contributed by atoms with Gasteiger partial charge in [-0.15, -0.1) is 0 Å². The molecular formula is C12H14O2. The first kappa shape index (κ1) is 8.27. The fourth-order valence-electron chi connectivity index (χ4n) is 3.18. The summed E-state index contributed by atoms with van der Waals surface area (Å²) < 4.78 is 5.03. The minimum atomic E-state index is -0.173. The maximum atomic E-state index is 10.7. The first-order valence-corrected chi connectivity index (χ1v) is 5.28. The number of allylic oxidation sites excluding steroid dienone is 3. The summed E-state index contributed by atoms with van der Waals surface area (Å²) in [5.74, 6) is 2.81. The molecule has 0 amide bonds. The predicted molar refractivity (Wildman–Crippen MR) is 52.4 cm³/mol. The van der Waals surface area contributed by atoms with Crippen LogP contribution in [0.2, 0.25) is 0 Å². The van der Waals surface area contributed by atoms with Crippen LogP contribution in [0.15, 0.2) is 23.8 Å². The summed E-state index contributed by atoms with van der Waals surface area (Å²) in [4.78, 5) is 10.7.